The van der Waals surface area contributed by atoms with Crippen molar-refractivity contribution in [3.8, 4) is 0 Å². The molecule has 1 unspecified atom stereocenters. The molecule has 1 heterocycles. The summed E-state index contributed by atoms with van der Waals surface area (Å²) >= 11 is 7.59. The molecule has 0 aliphatic rings. The van der Waals surface area contributed by atoms with Gasteiger partial charge in [0, 0.05) is 15.6 Å². The Balaban J connectivity index is 2.19. The first-order valence-corrected chi connectivity index (χ1v) is 12.1. The third-order valence-corrected chi connectivity index (χ3v) is 9.09. The third kappa shape index (κ3) is 4.57. The van der Waals surface area contributed by atoms with Gasteiger partial charge in [-0.3, -0.25) is 4.57 Å². The molecular formula is C21H22ClF2O3PS. The Morgan fingerprint density at radius 1 is 1.14 bits per heavy atom. The van der Waals surface area contributed by atoms with Gasteiger partial charge in [0.15, 0.2) is 0 Å². The van der Waals surface area contributed by atoms with Gasteiger partial charge in [0.05, 0.1) is 23.9 Å². The van der Waals surface area contributed by atoms with E-state index in [1.807, 2.05) is 31.2 Å². The molecule has 8 heteroatoms. The van der Waals surface area contributed by atoms with Crippen molar-refractivity contribution < 1.29 is 22.4 Å². The lowest BCUT2D eigenvalue weighted by molar-refractivity contribution is 0.212. The van der Waals surface area contributed by atoms with Crippen LogP contribution < -0.4 is 0 Å². The van der Waals surface area contributed by atoms with Crippen molar-refractivity contribution in [1.29, 1.82) is 0 Å². The molecule has 3 aromatic rings. The number of rotatable bonds is 8. The Morgan fingerprint density at radius 2 is 1.79 bits per heavy atom. The molecule has 0 amide bonds. The zero-order chi connectivity index (χ0) is 21.2. The van der Waals surface area contributed by atoms with Crippen molar-refractivity contribution in [2.24, 2.45) is 0 Å². The van der Waals surface area contributed by atoms with Gasteiger partial charge in [-0.05, 0) is 55.8 Å². The molecule has 3 nitrogen and oxygen atoms in total. The molecule has 1 aromatic heterocycles. The van der Waals surface area contributed by atoms with Crippen molar-refractivity contribution in [3.05, 3.63) is 69.1 Å². The zero-order valence-corrected chi connectivity index (χ0v) is 18.8. The summed E-state index contributed by atoms with van der Waals surface area (Å²) in [5, 5.41) is 0.850. The second kappa shape index (κ2) is 9.23. The van der Waals surface area contributed by atoms with E-state index in [-0.39, 0.29) is 30.2 Å². The lowest BCUT2D eigenvalue weighted by Gasteiger charge is -2.27. The number of fused-ring (bicyclic) bond motifs is 1. The van der Waals surface area contributed by atoms with Crippen LogP contribution >= 0.6 is 30.5 Å². The first kappa shape index (κ1) is 22.4. The minimum Gasteiger partial charge on any atom is -0.308 e. The first-order valence-electron chi connectivity index (χ1n) is 9.31. The van der Waals surface area contributed by atoms with E-state index < -0.39 is 24.9 Å². The van der Waals surface area contributed by atoms with Crippen molar-refractivity contribution in [1.82, 2.24) is 0 Å². The minimum absolute atomic E-state index is 0.0262. The number of hydrogen-bond donors (Lipinski definition) is 0. The van der Waals surface area contributed by atoms with Gasteiger partial charge < -0.3 is 9.05 Å². The maximum absolute atomic E-state index is 14.0. The molecule has 0 aliphatic carbocycles. The number of halogens is 3. The third-order valence-electron chi connectivity index (χ3n) is 4.66. The minimum atomic E-state index is -3.64. The second-order valence-electron chi connectivity index (χ2n) is 6.54. The van der Waals surface area contributed by atoms with Gasteiger partial charge in [0.25, 0.3) is 0 Å². The topological polar surface area (TPSA) is 35.5 Å². The van der Waals surface area contributed by atoms with E-state index in [0.717, 1.165) is 26.6 Å². The van der Waals surface area contributed by atoms with E-state index in [2.05, 4.69) is 0 Å². The summed E-state index contributed by atoms with van der Waals surface area (Å²) in [7, 11) is -3.64. The van der Waals surface area contributed by atoms with E-state index >= 15 is 0 Å². The molecule has 29 heavy (non-hydrogen) atoms. The van der Waals surface area contributed by atoms with Gasteiger partial charge in [-0.25, -0.2) is 8.78 Å². The molecule has 0 N–H and O–H groups in total. The predicted octanol–water partition coefficient (Wildman–Crippen LogP) is 7.69. The van der Waals surface area contributed by atoms with Crippen LogP contribution in [0, 0.1) is 18.6 Å². The van der Waals surface area contributed by atoms with Gasteiger partial charge >= 0.3 is 7.60 Å². The molecule has 1 atom stereocenters. The van der Waals surface area contributed by atoms with Gasteiger partial charge in [0.1, 0.15) is 11.6 Å². The summed E-state index contributed by atoms with van der Waals surface area (Å²) < 4.78 is 53.9. The summed E-state index contributed by atoms with van der Waals surface area (Å²) in [6.45, 7) is 5.77. The van der Waals surface area contributed by atoms with Crippen molar-refractivity contribution in [2.45, 2.75) is 32.9 Å². The highest BCUT2D eigenvalue weighted by Gasteiger charge is 2.39. The average molecular weight is 459 g/mol. The quantitative estimate of drug-likeness (QED) is 0.256. The maximum Gasteiger partial charge on any atom is 0.339 e. The van der Waals surface area contributed by atoms with Crippen LogP contribution in [0.5, 0.6) is 0 Å². The van der Waals surface area contributed by atoms with Gasteiger partial charge in [-0.15, -0.1) is 11.3 Å². The van der Waals surface area contributed by atoms with Gasteiger partial charge in [0.2, 0.25) is 0 Å². The fraction of sp³-hybridized carbons (Fsp3) is 0.333. The fourth-order valence-electron chi connectivity index (χ4n) is 3.40. The van der Waals surface area contributed by atoms with Gasteiger partial charge in [-0.2, -0.15) is 0 Å². The van der Waals surface area contributed by atoms with Crippen LogP contribution in [0.2, 0.25) is 5.02 Å². The number of hydrogen-bond acceptors (Lipinski definition) is 4. The molecule has 2 aromatic carbocycles. The standard InChI is InChI=1S/C21H22ClF2O3PS/c1-4-26-28(25,27-5-2)18(11-14-10-15(23)12-17(24)20(14)22)21-13(3)16-8-6-7-9-19(16)29-21/h6-10,12,18H,4-5,11H2,1-3H3. The van der Waals surface area contributed by atoms with E-state index in [4.69, 9.17) is 20.6 Å². The van der Waals surface area contributed by atoms with E-state index in [9.17, 15) is 13.3 Å². The number of thiophene rings is 1. The van der Waals surface area contributed by atoms with E-state index in [1.165, 1.54) is 17.4 Å². The Kier molecular flexibility index (Phi) is 7.13. The Labute approximate surface area is 178 Å². The van der Waals surface area contributed by atoms with Gasteiger partial charge in [-0.1, -0.05) is 29.8 Å². The van der Waals surface area contributed by atoms with Crippen molar-refractivity contribution in [2.75, 3.05) is 13.2 Å². The molecule has 3 rings (SSSR count). The monoisotopic (exact) mass is 458 g/mol. The highest BCUT2D eigenvalue weighted by atomic mass is 35.5. The van der Waals surface area contributed by atoms with Crippen LogP contribution in [0.25, 0.3) is 10.1 Å². The Hall–Kier alpha value is -1.30. The van der Waals surface area contributed by atoms with Crippen LogP contribution in [-0.2, 0) is 20.0 Å². The van der Waals surface area contributed by atoms with Crippen LogP contribution in [0.15, 0.2) is 36.4 Å². The average Bonchev–Trinajstić information content (AvgIpc) is 3.00. The molecule has 0 fully saturated rings. The molecule has 156 valence electrons. The normalized spacial score (nSPS) is 13.2. The summed E-state index contributed by atoms with van der Waals surface area (Å²) in [5.41, 5.74) is 0.437. The molecule has 0 aliphatic heterocycles. The smallest absolute Gasteiger partial charge is 0.308 e. The fourth-order valence-corrected chi connectivity index (χ4v) is 7.39. The van der Waals surface area contributed by atoms with Crippen LogP contribution in [-0.4, -0.2) is 13.2 Å². The number of aryl methyl sites for hydroxylation is 1. The number of benzene rings is 2. The molecule has 0 saturated heterocycles. The molecular weight excluding hydrogens is 437 g/mol. The first-order chi connectivity index (χ1) is 13.8. The van der Waals surface area contributed by atoms with Crippen molar-refractivity contribution >= 4 is 40.6 Å². The molecule has 0 bridgehead atoms. The maximum atomic E-state index is 14.0. The SMILES string of the molecule is CCOP(=O)(OCC)C(Cc1cc(F)cc(F)c1Cl)c1sc2ccccc2c1C. The van der Waals surface area contributed by atoms with Crippen LogP contribution in [0.4, 0.5) is 8.78 Å². The van der Waals surface area contributed by atoms with Crippen LogP contribution in [0.1, 0.15) is 35.5 Å². The summed E-state index contributed by atoms with van der Waals surface area (Å²) in [4.78, 5) is 0.803. The molecule has 0 saturated carbocycles. The summed E-state index contributed by atoms with van der Waals surface area (Å²) in [6, 6.07) is 9.74. The predicted molar refractivity (Wildman–Crippen MR) is 115 cm³/mol. The van der Waals surface area contributed by atoms with Crippen LogP contribution in [0.3, 0.4) is 0 Å². The Bertz CT molecular complexity index is 1060. The second-order valence-corrected chi connectivity index (χ2v) is 10.2. The summed E-state index contributed by atoms with van der Waals surface area (Å²) in [5.74, 6) is -1.59. The largest absolute Gasteiger partial charge is 0.339 e. The lowest BCUT2D eigenvalue weighted by atomic mass is 10.0. The molecule has 0 spiro atoms. The lowest BCUT2D eigenvalue weighted by Crippen LogP contribution is -2.10. The molecule has 0 radical (unpaired) electrons. The highest BCUT2D eigenvalue weighted by molar-refractivity contribution is 7.54. The van der Waals surface area contributed by atoms with E-state index in [0.29, 0.717) is 0 Å². The zero-order valence-electron chi connectivity index (χ0n) is 16.4. The van der Waals surface area contributed by atoms with Crippen molar-refractivity contribution in [3.63, 3.8) is 0 Å². The van der Waals surface area contributed by atoms with E-state index in [1.54, 1.807) is 13.8 Å². The Morgan fingerprint density at radius 3 is 2.41 bits per heavy atom. The summed E-state index contributed by atoms with van der Waals surface area (Å²) in [6.07, 6.45) is 0.0262. The highest BCUT2D eigenvalue weighted by Crippen LogP contribution is 2.64.